The van der Waals surface area contributed by atoms with Crippen molar-refractivity contribution in [2.24, 2.45) is 5.92 Å². The van der Waals surface area contributed by atoms with Crippen molar-refractivity contribution in [1.82, 2.24) is 0 Å². The van der Waals surface area contributed by atoms with Crippen LogP contribution in [0.4, 0.5) is 0 Å². The van der Waals surface area contributed by atoms with E-state index in [0.717, 1.165) is 13.0 Å². The van der Waals surface area contributed by atoms with Crippen molar-refractivity contribution in [2.45, 2.75) is 97.4 Å². The fourth-order valence-electron chi connectivity index (χ4n) is 2.69. The second-order valence-electron chi connectivity index (χ2n) is 6.57. The van der Waals surface area contributed by atoms with Gasteiger partial charge in [0.05, 0.1) is 12.7 Å². The van der Waals surface area contributed by atoms with Gasteiger partial charge in [0.2, 0.25) is 0 Å². The Hall–Kier alpha value is -0.0800. The average molecular weight is 270 g/mol. The van der Waals surface area contributed by atoms with Gasteiger partial charge in [0.1, 0.15) is 0 Å². The zero-order valence-electron chi connectivity index (χ0n) is 13.5. The number of unbranched alkanes of at least 4 members (excludes halogenated alkanes) is 7. The Labute approximate surface area is 120 Å². The summed E-state index contributed by atoms with van der Waals surface area (Å²) in [5, 5.41) is 0. The SMILES string of the molecule is CCCCCCCCCCC1(C)OCC(C(C)C)O1. The molecule has 2 unspecified atom stereocenters. The van der Waals surface area contributed by atoms with Crippen LogP contribution in [-0.2, 0) is 9.47 Å². The Bertz CT molecular complexity index is 227. The highest BCUT2D eigenvalue weighted by molar-refractivity contribution is 4.76. The molecule has 0 saturated carbocycles. The second-order valence-corrected chi connectivity index (χ2v) is 6.57. The largest absolute Gasteiger partial charge is 0.348 e. The summed E-state index contributed by atoms with van der Waals surface area (Å²) in [6.07, 6.45) is 12.2. The van der Waals surface area contributed by atoms with Crippen LogP contribution >= 0.6 is 0 Å². The van der Waals surface area contributed by atoms with Crippen LogP contribution < -0.4 is 0 Å². The van der Waals surface area contributed by atoms with Crippen molar-refractivity contribution in [3.05, 3.63) is 0 Å². The summed E-state index contributed by atoms with van der Waals surface area (Å²) in [6.45, 7) is 9.56. The van der Waals surface area contributed by atoms with Crippen LogP contribution in [0.3, 0.4) is 0 Å². The fraction of sp³-hybridized carbons (Fsp3) is 1.00. The summed E-state index contributed by atoms with van der Waals surface area (Å²) >= 11 is 0. The van der Waals surface area contributed by atoms with Crippen molar-refractivity contribution in [1.29, 1.82) is 0 Å². The van der Waals surface area contributed by atoms with Crippen molar-refractivity contribution in [3.8, 4) is 0 Å². The van der Waals surface area contributed by atoms with E-state index in [2.05, 4.69) is 27.7 Å². The number of ether oxygens (including phenoxy) is 2. The molecule has 0 aromatic heterocycles. The van der Waals surface area contributed by atoms with Crippen LogP contribution in [-0.4, -0.2) is 18.5 Å². The van der Waals surface area contributed by atoms with Gasteiger partial charge >= 0.3 is 0 Å². The minimum absolute atomic E-state index is 0.291. The van der Waals surface area contributed by atoms with Crippen molar-refractivity contribution >= 4 is 0 Å². The number of hydrogen-bond donors (Lipinski definition) is 0. The first-order valence-electron chi connectivity index (χ1n) is 8.39. The highest BCUT2D eigenvalue weighted by Crippen LogP contribution is 2.31. The standard InChI is InChI=1S/C17H34O2/c1-5-6-7-8-9-10-11-12-13-17(4)18-14-16(19-17)15(2)3/h15-16H,5-14H2,1-4H3. The molecule has 114 valence electrons. The van der Waals surface area contributed by atoms with E-state index < -0.39 is 0 Å². The Morgan fingerprint density at radius 2 is 1.58 bits per heavy atom. The zero-order chi connectivity index (χ0) is 14.1. The lowest BCUT2D eigenvalue weighted by Crippen LogP contribution is -2.27. The van der Waals surface area contributed by atoms with Crippen LogP contribution in [0.2, 0.25) is 0 Å². The van der Waals surface area contributed by atoms with Gasteiger partial charge in [-0.1, -0.05) is 65.7 Å². The van der Waals surface area contributed by atoms with E-state index in [1.807, 2.05) is 0 Å². The molecule has 2 heteroatoms. The van der Waals surface area contributed by atoms with E-state index in [-0.39, 0.29) is 5.79 Å². The Balaban J connectivity index is 2.00. The van der Waals surface area contributed by atoms with E-state index in [9.17, 15) is 0 Å². The molecule has 2 atom stereocenters. The first-order chi connectivity index (χ1) is 9.07. The van der Waals surface area contributed by atoms with Crippen LogP contribution in [0.25, 0.3) is 0 Å². The molecule has 0 N–H and O–H groups in total. The number of hydrogen-bond acceptors (Lipinski definition) is 2. The topological polar surface area (TPSA) is 18.5 Å². The summed E-state index contributed by atoms with van der Waals surface area (Å²) in [6, 6.07) is 0. The Morgan fingerprint density at radius 3 is 2.11 bits per heavy atom. The summed E-state index contributed by atoms with van der Waals surface area (Å²) in [4.78, 5) is 0. The molecule has 0 aromatic carbocycles. The molecule has 2 nitrogen and oxygen atoms in total. The van der Waals surface area contributed by atoms with E-state index in [4.69, 9.17) is 9.47 Å². The number of rotatable bonds is 10. The van der Waals surface area contributed by atoms with E-state index >= 15 is 0 Å². The summed E-state index contributed by atoms with van der Waals surface area (Å²) in [5.41, 5.74) is 0. The third-order valence-corrected chi connectivity index (χ3v) is 4.18. The van der Waals surface area contributed by atoms with E-state index in [0.29, 0.717) is 12.0 Å². The Kier molecular flexibility index (Phi) is 8.01. The predicted molar refractivity (Wildman–Crippen MR) is 81.3 cm³/mol. The maximum absolute atomic E-state index is 6.05. The average Bonchev–Trinajstić information content (AvgIpc) is 2.76. The highest BCUT2D eigenvalue weighted by atomic mass is 16.7. The Morgan fingerprint density at radius 1 is 1.00 bits per heavy atom. The minimum Gasteiger partial charge on any atom is -0.348 e. The lowest BCUT2D eigenvalue weighted by atomic mass is 10.0. The maximum atomic E-state index is 6.05. The molecule has 1 rings (SSSR count). The molecule has 0 spiro atoms. The van der Waals surface area contributed by atoms with Gasteiger partial charge in [-0.15, -0.1) is 0 Å². The summed E-state index contributed by atoms with van der Waals surface area (Å²) in [7, 11) is 0. The van der Waals surface area contributed by atoms with Crippen LogP contribution in [0.5, 0.6) is 0 Å². The van der Waals surface area contributed by atoms with Gasteiger partial charge in [-0.3, -0.25) is 0 Å². The second kappa shape index (κ2) is 8.97. The molecule has 0 radical (unpaired) electrons. The molecule has 0 aliphatic carbocycles. The molecule has 1 saturated heterocycles. The highest BCUT2D eigenvalue weighted by Gasteiger charge is 2.37. The van der Waals surface area contributed by atoms with Gasteiger partial charge in [-0.05, 0) is 19.3 Å². The van der Waals surface area contributed by atoms with E-state index in [1.165, 1.54) is 51.4 Å². The summed E-state index contributed by atoms with van der Waals surface area (Å²) < 4.78 is 11.9. The third-order valence-electron chi connectivity index (χ3n) is 4.18. The zero-order valence-corrected chi connectivity index (χ0v) is 13.5. The molecule has 1 aliphatic heterocycles. The van der Waals surface area contributed by atoms with Crippen molar-refractivity contribution in [3.63, 3.8) is 0 Å². The molecule has 0 bridgehead atoms. The van der Waals surface area contributed by atoms with Gasteiger partial charge in [0, 0.05) is 6.42 Å². The smallest absolute Gasteiger partial charge is 0.166 e. The van der Waals surface area contributed by atoms with Gasteiger partial charge < -0.3 is 9.47 Å². The van der Waals surface area contributed by atoms with Crippen LogP contribution in [0, 0.1) is 5.92 Å². The molecular weight excluding hydrogens is 236 g/mol. The monoisotopic (exact) mass is 270 g/mol. The quantitative estimate of drug-likeness (QED) is 0.501. The molecule has 1 fully saturated rings. The van der Waals surface area contributed by atoms with E-state index in [1.54, 1.807) is 0 Å². The molecule has 19 heavy (non-hydrogen) atoms. The van der Waals surface area contributed by atoms with Gasteiger partial charge in [-0.2, -0.15) is 0 Å². The summed E-state index contributed by atoms with van der Waals surface area (Å²) in [5.74, 6) is 0.248. The van der Waals surface area contributed by atoms with Crippen molar-refractivity contribution in [2.75, 3.05) is 6.61 Å². The van der Waals surface area contributed by atoms with Gasteiger partial charge in [0.15, 0.2) is 5.79 Å². The lowest BCUT2D eigenvalue weighted by molar-refractivity contribution is -0.163. The molecule has 0 aromatic rings. The fourth-order valence-corrected chi connectivity index (χ4v) is 2.69. The predicted octanol–water partition coefficient (Wildman–Crippen LogP) is 5.30. The minimum atomic E-state index is -0.308. The van der Waals surface area contributed by atoms with Gasteiger partial charge in [0.25, 0.3) is 0 Å². The molecule has 0 amide bonds. The molecular formula is C17H34O2. The van der Waals surface area contributed by atoms with Gasteiger partial charge in [-0.25, -0.2) is 0 Å². The first-order valence-corrected chi connectivity index (χ1v) is 8.39. The lowest BCUT2D eigenvalue weighted by Gasteiger charge is -2.24. The molecule has 1 heterocycles. The first kappa shape index (κ1) is 17.0. The van der Waals surface area contributed by atoms with Crippen LogP contribution in [0.15, 0.2) is 0 Å². The van der Waals surface area contributed by atoms with Crippen LogP contribution in [0.1, 0.15) is 85.5 Å². The normalized spacial score (nSPS) is 27.3. The third kappa shape index (κ3) is 6.76. The maximum Gasteiger partial charge on any atom is 0.166 e. The molecule has 1 aliphatic rings. The van der Waals surface area contributed by atoms with Crippen molar-refractivity contribution < 1.29 is 9.47 Å².